The molecule has 2 fully saturated rings. The van der Waals surface area contributed by atoms with Crippen LogP contribution in [0.25, 0.3) is 0 Å². The van der Waals surface area contributed by atoms with E-state index in [0.29, 0.717) is 0 Å². The van der Waals surface area contributed by atoms with Gasteiger partial charge in [0.15, 0.2) is 0 Å². The average molecular weight is 360 g/mol. The number of hydrogen-bond donors (Lipinski definition) is 1. The van der Waals surface area contributed by atoms with E-state index in [1.807, 2.05) is 12.3 Å². The van der Waals surface area contributed by atoms with Crippen molar-refractivity contribution >= 4 is 37.7 Å². The molecule has 0 saturated heterocycles. The van der Waals surface area contributed by atoms with E-state index < -0.39 is 0 Å². The third-order valence-corrected chi connectivity index (χ3v) is 5.26. The summed E-state index contributed by atoms with van der Waals surface area (Å²) in [5.74, 6) is 3.83. The van der Waals surface area contributed by atoms with Crippen molar-refractivity contribution < 1.29 is 0 Å². The van der Waals surface area contributed by atoms with E-state index in [2.05, 4.69) is 42.2 Å². The minimum absolute atomic E-state index is 0.867. The third-order valence-electron chi connectivity index (χ3n) is 4.22. The Bertz CT molecular complexity index is 422. The van der Waals surface area contributed by atoms with Gasteiger partial charge in [0, 0.05) is 17.2 Å². The first-order valence-corrected chi connectivity index (χ1v) is 7.86. The first-order chi connectivity index (χ1) is 8.22. The maximum atomic E-state index is 4.40. The Hall–Kier alpha value is -0.0900. The fraction of sp³-hybridized carbons (Fsp3) is 0.615. The van der Waals surface area contributed by atoms with Gasteiger partial charge in [-0.2, -0.15) is 0 Å². The molecule has 3 atom stereocenters. The highest BCUT2D eigenvalue weighted by molar-refractivity contribution is 9.11. The number of hydrogen-bond acceptors (Lipinski definition) is 2. The molecule has 2 saturated carbocycles. The maximum Gasteiger partial charge on any atom is 0.140 e. The molecule has 2 aliphatic carbocycles. The molecule has 0 amide bonds. The van der Waals surface area contributed by atoms with Crippen molar-refractivity contribution in [2.45, 2.75) is 25.7 Å². The zero-order chi connectivity index (χ0) is 11.8. The molecular formula is C13H16Br2N2. The SMILES string of the molecule is Brc1cnc(NCC2CC3CCC2C3)c(Br)c1. The molecule has 2 nitrogen and oxygen atoms in total. The van der Waals surface area contributed by atoms with Crippen LogP contribution in [0.2, 0.25) is 0 Å². The third kappa shape index (κ3) is 2.53. The number of anilines is 1. The predicted octanol–water partition coefficient (Wildman–Crippen LogP) is 4.45. The number of halogens is 2. The number of nitrogens with one attached hydrogen (secondary N) is 1. The quantitative estimate of drug-likeness (QED) is 0.861. The standard InChI is InChI=1S/C13H16Br2N2/c14-11-5-12(15)13(17-7-11)16-6-10-4-8-1-2-9(10)3-8/h5,7-10H,1-4,6H2,(H,16,17). The Kier molecular flexibility index (Phi) is 3.44. The zero-order valence-corrected chi connectivity index (χ0v) is 12.8. The number of rotatable bonds is 3. The van der Waals surface area contributed by atoms with Crippen LogP contribution < -0.4 is 5.32 Å². The molecule has 3 unspecified atom stereocenters. The van der Waals surface area contributed by atoms with Gasteiger partial charge in [-0.3, -0.25) is 0 Å². The second kappa shape index (κ2) is 4.88. The molecule has 1 aromatic rings. The molecule has 17 heavy (non-hydrogen) atoms. The van der Waals surface area contributed by atoms with Gasteiger partial charge in [-0.1, -0.05) is 6.42 Å². The monoisotopic (exact) mass is 358 g/mol. The largest absolute Gasteiger partial charge is 0.369 e. The normalized spacial score (nSPS) is 30.8. The van der Waals surface area contributed by atoms with E-state index in [0.717, 1.165) is 39.1 Å². The van der Waals surface area contributed by atoms with Crippen molar-refractivity contribution in [3.63, 3.8) is 0 Å². The minimum Gasteiger partial charge on any atom is -0.369 e. The van der Waals surface area contributed by atoms with Crippen LogP contribution in [-0.4, -0.2) is 11.5 Å². The van der Waals surface area contributed by atoms with Crippen molar-refractivity contribution in [3.05, 3.63) is 21.2 Å². The molecule has 2 aliphatic rings. The average Bonchev–Trinajstić information content (AvgIpc) is 2.89. The van der Waals surface area contributed by atoms with Gasteiger partial charge in [0.1, 0.15) is 5.82 Å². The Morgan fingerprint density at radius 2 is 2.18 bits per heavy atom. The second-order valence-corrected chi connectivity index (χ2v) is 7.07. The van der Waals surface area contributed by atoms with Crippen LogP contribution >= 0.6 is 31.9 Å². The first-order valence-electron chi connectivity index (χ1n) is 6.27. The summed E-state index contributed by atoms with van der Waals surface area (Å²) in [6, 6.07) is 2.04. The predicted molar refractivity (Wildman–Crippen MR) is 77.1 cm³/mol. The van der Waals surface area contributed by atoms with Gasteiger partial charge in [0.25, 0.3) is 0 Å². The summed E-state index contributed by atoms with van der Waals surface area (Å²) in [4.78, 5) is 4.40. The molecule has 1 aromatic heterocycles. The summed E-state index contributed by atoms with van der Waals surface area (Å²) in [6.07, 6.45) is 7.66. The fourth-order valence-corrected chi connectivity index (χ4v) is 4.53. The highest BCUT2D eigenvalue weighted by Crippen LogP contribution is 2.48. The van der Waals surface area contributed by atoms with E-state index in [1.165, 1.54) is 25.7 Å². The highest BCUT2D eigenvalue weighted by Gasteiger charge is 2.39. The van der Waals surface area contributed by atoms with Gasteiger partial charge >= 0.3 is 0 Å². The Morgan fingerprint density at radius 1 is 1.29 bits per heavy atom. The summed E-state index contributed by atoms with van der Waals surface area (Å²) in [6.45, 7) is 1.08. The molecule has 1 heterocycles. The lowest BCUT2D eigenvalue weighted by Gasteiger charge is -2.22. The smallest absolute Gasteiger partial charge is 0.140 e. The van der Waals surface area contributed by atoms with E-state index in [4.69, 9.17) is 0 Å². The number of nitrogens with zero attached hydrogens (tertiary/aromatic N) is 1. The molecule has 2 bridgehead atoms. The topological polar surface area (TPSA) is 24.9 Å². The van der Waals surface area contributed by atoms with Gasteiger partial charge in [0.2, 0.25) is 0 Å². The van der Waals surface area contributed by atoms with Crippen molar-refractivity contribution in [2.24, 2.45) is 17.8 Å². The zero-order valence-electron chi connectivity index (χ0n) is 9.63. The maximum absolute atomic E-state index is 4.40. The first kappa shape index (κ1) is 12.0. The van der Waals surface area contributed by atoms with Crippen molar-refractivity contribution in [1.29, 1.82) is 0 Å². The lowest BCUT2D eigenvalue weighted by atomic mass is 9.89. The van der Waals surface area contributed by atoms with Gasteiger partial charge < -0.3 is 5.32 Å². The van der Waals surface area contributed by atoms with Crippen LogP contribution in [0.4, 0.5) is 5.82 Å². The molecule has 0 aliphatic heterocycles. The van der Waals surface area contributed by atoms with Crippen LogP contribution in [-0.2, 0) is 0 Å². The molecule has 92 valence electrons. The molecular weight excluding hydrogens is 344 g/mol. The lowest BCUT2D eigenvalue weighted by Crippen LogP contribution is -2.20. The Morgan fingerprint density at radius 3 is 2.82 bits per heavy atom. The van der Waals surface area contributed by atoms with Crippen LogP contribution in [0.5, 0.6) is 0 Å². The van der Waals surface area contributed by atoms with E-state index >= 15 is 0 Å². The fourth-order valence-electron chi connectivity index (χ4n) is 3.40. The summed E-state index contributed by atoms with van der Waals surface area (Å²) >= 11 is 6.96. The van der Waals surface area contributed by atoms with Gasteiger partial charge in [0.05, 0.1) is 4.47 Å². The van der Waals surface area contributed by atoms with Gasteiger partial charge in [-0.15, -0.1) is 0 Å². The number of fused-ring (bicyclic) bond motifs is 2. The summed E-state index contributed by atoms with van der Waals surface area (Å²) in [5.41, 5.74) is 0. The summed E-state index contributed by atoms with van der Waals surface area (Å²) in [5, 5.41) is 3.49. The Labute approximate surface area is 119 Å². The van der Waals surface area contributed by atoms with Crippen LogP contribution in [0.3, 0.4) is 0 Å². The van der Waals surface area contributed by atoms with Crippen molar-refractivity contribution in [1.82, 2.24) is 4.98 Å². The molecule has 0 aromatic carbocycles. The second-order valence-electron chi connectivity index (χ2n) is 5.30. The Balaban J connectivity index is 1.60. The van der Waals surface area contributed by atoms with Crippen LogP contribution in [0.1, 0.15) is 25.7 Å². The molecule has 3 rings (SSSR count). The van der Waals surface area contributed by atoms with Crippen LogP contribution in [0.15, 0.2) is 21.2 Å². The van der Waals surface area contributed by atoms with E-state index in [9.17, 15) is 0 Å². The number of pyridine rings is 1. The van der Waals surface area contributed by atoms with Gasteiger partial charge in [-0.05, 0) is 74.9 Å². The lowest BCUT2D eigenvalue weighted by molar-refractivity contribution is 0.348. The van der Waals surface area contributed by atoms with Crippen molar-refractivity contribution in [3.8, 4) is 0 Å². The molecule has 4 heteroatoms. The summed E-state index contributed by atoms with van der Waals surface area (Å²) < 4.78 is 2.05. The molecule has 1 N–H and O–H groups in total. The van der Waals surface area contributed by atoms with Gasteiger partial charge in [-0.25, -0.2) is 4.98 Å². The van der Waals surface area contributed by atoms with Crippen molar-refractivity contribution in [2.75, 3.05) is 11.9 Å². The molecule has 0 spiro atoms. The van der Waals surface area contributed by atoms with E-state index in [1.54, 1.807) is 0 Å². The minimum atomic E-state index is 0.867. The van der Waals surface area contributed by atoms with Crippen LogP contribution in [0, 0.1) is 17.8 Å². The summed E-state index contributed by atoms with van der Waals surface area (Å²) in [7, 11) is 0. The van der Waals surface area contributed by atoms with E-state index in [-0.39, 0.29) is 0 Å². The number of aromatic nitrogens is 1. The highest BCUT2D eigenvalue weighted by atomic mass is 79.9. The molecule has 0 radical (unpaired) electrons.